The third-order valence-electron chi connectivity index (χ3n) is 2.47. The van der Waals surface area contributed by atoms with Gasteiger partial charge >= 0.3 is 0 Å². The maximum atomic E-state index is 3.82. The molecule has 2 aromatic rings. The molecule has 0 N–H and O–H groups in total. The van der Waals surface area contributed by atoms with Crippen LogP contribution in [0.25, 0.3) is 17.2 Å². The number of hydrogen-bond acceptors (Lipinski definition) is 0. The molecule has 0 spiro atoms. The summed E-state index contributed by atoms with van der Waals surface area (Å²) in [4.78, 5) is 0. The van der Waals surface area contributed by atoms with Crippen molar-refractivity contribution in [1.82, 2.24) is 0 Å². The number of halogens is 3. The minimum Gasteiger partial charge on any atom is -0.0984 e. The van der Waals surface area contributed by atoms with Crippen LogP contribution in [0.5, 0.6) is 0 Å². The van der Waals surface area contributed by atoms with Crippen LogP contribution in [0, 0.1) is 10.7 Å². The predicted molar refractivity (Wildman–Crippen MR) is 100 cm³/mol. The fraction of sp³-hybridized carbons (Fsp3) is 0. The molecule has 0 aliphatic rings. The highest BCUT2D eigenvalue weighted by atomic mass is 127. The zero-order valence-corrected chi connectivity index (χ0v) is 15.4. The van der Waals surface area contributed by atoms with Crippen LogP contribution in [0.2, 0.25) is 0 Å². The fourth-order valence-electron chi connectivity index (χ4n) is 1.62. The van der Waals surface area contributed by atoms with E-state index < -0.39 is 0 Å². The van der Waals surface area contributed by atoms with Crippen LogP contribution in [0.15, 0.2) is 43.0 Å². The molecule has 0 aliphatic heterocycles. The van der Waals surface area contributed by atoms with Gasteiger partial charge in [-0.15, -0.1) is 0 Å². The summed E-state index contributed by atoms with van der Waals surface area (Å²) in [6, 6.07) is 12.9. The molecule has 86 valence electrons. The van der Waals surface area contributed by atoms with Crippen molar-refractivity contribution >= 4 is 73.8 Å². The maximum Gasteiger partial charge on any atom is 0.0219 e. The summed E-state index contributed by atoms with van der Waals surface area (Å²) in [6.07, 6.45) is 1.90. The van der Waals surface area contributed by atoms with Gasteiger partial charge in [-0.2, -0.15) is 0 Å². The molecule has 0 bridgehead atoms. The summed E-state index contributed by atoms with van der Waals surface area (Å²) >= 11 is 7.14. The van der Waals surface area contributed by atoms with Gasteiger partial charge in [-0.1, -0.05) is 30.9 Å². The van der Waals surface area contributed by atoms with Crippen molar-refractivity contribution in [2.75, 3.05) is 0 Å². The van der Waals surface area contributed by atoms with Gasteiger partial charge in [-0.25, -0.2) is 0 Å². The van der Waals surface area contributed by atoms with Gasteiger partial charge in [0.2, 0.25) is 0 Å². The molecular formula is C14H9I3. The molecule has 0 radical (unpaired) electrons. The average Bonchev–Trinajstić information content (AvgIpc) is 2.29. The molecule has 0 atom stereocenters. The second-order valence-electron chi connectivity index (χ2n) is 3.54. The standard InChI is InChI=1S/C14H9I3/c1-2-9-6-7-10(8-13(9)17)14-11(15)4-3-5-12(14)16/h2-8H,1H2. The minimum absolute atomic E-state index is 1.19. The lowest BCUT2D eigenvalue weighted by Crippen LogP contribution is -1.89. The Balaban J connectivity index is 2.61. The van der Waals surface area contributed by atoms with Gasteiger partial charge < -0.3 is 0 Å². The van der Waals surface area contributed by atoms with E-state index in [1.54, 1.807) is 0 Å². The van der Waals surface area contributed by atoms with Crippen molar-refractivity contribution in [3.63, 3.8) is 0 Å². The van der Waals surface area contributed by atoms with E-state index in [2.05, 4.69) is 111 Å². The van der Waals surface area contributed by atoms with Crippen molar-refractivity contribution in [1.29, 1.82) is 0 Å². The van der Waals surface area contributed by atoms with Gasteiger partial charge in [-0.3, -0.25) is 0 Å². The van der Waals surface area contributed by atoms with E-state index in [0.29, 0.717) is 0 Å². The monoisotopic (exact) mass is 558 g/mol. The van der Waals surface area contributed by atoms with Crippen molar-refractivity contribution in [2.24, 2.45) is 0 Å². The third kappa shape index (κ3) is 3.04. The molecule has 0 heterocycles. The average molecular weight is 558 g/mol. The van der Waals surface area contributed by atoms with E-state index >= 15 is 0 Å². The van der Waals surface area contributed by atoms with Gasteiger partial charge in [0, 0.05) is 16.3 Å². The van der Waals surface area contributed by atoms with Crippen LogP contribution >= 0.6 is 67.8 Å². The van der Waals surface area contributed by atoms with Crippen LogP contribution in [0.3, 0.4) is 0 Å². The molecule has 0 saturated heterocycles. The topological polar surface area (TPSA) is 0 Å². The van der Waals surface area contributed by atoms with Crippen LogP contribution in [0.4, 0.5) is 0 Å². The van der Waals surface area contributed by atoms with E-state index in [1.165, 1.54) is 27.4 Å². The lowest BCUT2D eigenvalue weighted by atomic mass is 10.0. The van der Waals surface area contributed by atoms with Gasteiger partial charge in [0.05, 0.1) is 0 Å². The summed E-state index contributed by atoms with van der Waals surface area (Å²) in [5, 5.41) is 0. The van der Waals surface area contributed by atoms with Gasteiger partial charge in [0.15, 0.2) is 0 Å². The SMILES string of the molecule is C=Cc1ccc(-c2c(I)cccc2I)cc1I. The molecule has 0 aliphatic carbocycles. The van der Waals surface area contributed by atoms with Crippen molar-refractivity contribution in [2.45, 2.75) is 0 Å². The highest BCUT2D eigenvalue weighted by Gasteiger charge is 2.08. The van der Waals surface area contributed by atoms with Crippen LogP contribution in [-0.4, -0.2) is 0 Å². The Kier molecular flexibility index (Phi) is 4.88. The normalized spacial score (nSPS) is 10.3. The summed E-state index contributed by atoms with van der Waals surface area (Å²) in [5.41, 5.74) is 3.78. The highest BCUT2D eigenvalue weighted by molar-refractivity contribution is 14.1. The Morgan fingerprint density at radius 2 is 1.53 bits per heavy atom. The summed E-state index contributed by atoms with van der Waals surface area (Å²) in [5.74, 6) is 0. The molecule has 17 heavy (non-hydrogen) atoms. The third-order valence-corrected chi connectivity index (χ3v) is 5.20. The number of hydrogen-bond donors (Lipinski definition) is 0. The van der Waals surface area contributed by atoms with E-state index in [9.17, 15) is 0 Å². The van der Waals surface area contributed by atoms with E-state index in [0.717, 1.165) is 0 Å². The Morgan fingerprint density at radius 1 is 0.882 bits per heavy atom. The molecule has 0 unspecified atom stereocenters. The Hall–Kier alpha value is 0.370. The molecule has 0 fully saturated rings. The fourth-order valence-corrected chi connectivity index (χ4v) is 4.49. The van der Waals surface area contributed by atoms with Crippen LogP contribution in [0.1, 0.15) is 5.56 Å². The molecule has 2 rings (SSSR count). The molecule has 3 heteroatoms. The zero-order chi connectivity index (χ0) is 12.4. The first-order valence-electron chi connectivity index (χ1n) is 5.00. The second kappa shape index (κ2) is 6.01. The largest absolute Gasteiger partial charge is 0.0984 e. The lowest BCUT2D eigenvalue weighted by Gasteiger charge is -2.09. The first-order chi connectivity index (χ1) is 8.13. The van der Waals surface area contributed by atoms with Crippen LogP contribution < -0.4 is 0 Å². The van der Waals surface area contributed by atoms with Gasteiger partial charge in [0.1, 0.15) is 0 Å². The van der Waals surface area contributed by atoms with Crippen molar-refractivity contribution < 1.29 is 0 Å². The molecule has 0 saturated carbocycles. The second-order valence-corrected chi connectivity index (χ2v) is 7.02. The Morgan fingerprint density at radius 3 is 2.06 bits per heavy atom. The lowest BCUT2D eigenvalue weighted by molar-refractivity contribution is 1.52. The molecule has 0 aromatic heterocycles. The minimum atomic E-state index is 1.19. The first-order valence-corrected chi connectivity index (χ1v) is 8.23. The molecule has 2 aromatic carbocycles. The summed E-state index contributed by atoms with van der Waals surface area (Å²) < 4.78 is 3.82. The first kappa shape index (κ1) is 13.8. The molecule has 0 amide bonds. The summed E-state index contributed by atoms with van der Waals surface area (Å²) in [7, 11) is 0. The quantitative estimate of drug-likeness (QED) is 0.409. The molecule has 0 nitrogen and oxygen atoms in total. The van der Waals surface area contributed by atoms with Gasteiger partial charge in [0.25, 0.3) is 0 Å². The van der Waals surface area contributed by atoms with E-state index in [-0.39, 0.29) is 0 Å². The van der Waals surface area contributed by atoms with Crippen molar-refractivity contribution in [3.8, 4) is 11.1 Å². The highest BCUT2D eigenvalue weighted by Crippen LogP contribution is 2.31. The Bertz CT molecular complexity index is 553. The smallest absolute Gasteiger partial charge is 0.0219 e. The Labute approximate surface area is 142 Å². The maximum absolute atomic E-state index is 3.82. The van der Waals surface area contributed by atoms with E-state index in [1.807, 2.05) is 6.08 Å². The van der Waals surface area contributed by atoms with Crippen molar-refractivity contribution in [3.05, 3.63) is 59.3 Å². The summed E-state index contributed by atoms with van der Waals surface area (Å²) in [6.45, 7) is 3.82. The van der Waals surface area contributed by atoms with Crippen LogP contribution in [-0.2, 0) is 0 Å². The predicted octanol–water partition coefficient (Wildman–Crippen LogP) is 5.81. The zero-order valence-electron chi connectivity index (χ0n) is 8.88. The van der Waals surface area contributed by atoms with E-state index in [4.69, 9.17) is 0 Å². The molecular weight excluding hydrogens is 549 g/mol. The number of rotatable bonds is 2. The number of benzene rings is 2. The van der Waals surface area contributed by atoms with Gasteiger partial charge in [-0.05, 0) is 97.1 Å².